The molecule has 1 nitrogen and oxygen atoms in total. The SMILES string of the molecule is Cc1cc(C)c(C)c(-c2cc(F)c3cc(C)ccc3[n+]2C)c1. The summed E-state index contributed by atoms with van der Waals surface area (Å²) in [4.78, 5) is 0. The summed E-state index contributed by atoms with van der Waals surface area (Å²) in [5, 5.41) is 0.674. The molecule has 0 N–H and O–H groups in total. The zero-order valence-corrected chi connectivity index (χ0v) is 13.8. The Morgan fingerprint density at radius 3 is 2.32 bits per heavy atom. The third-order valence-corrected chi connectivity index (χ3v) is 4.48. The number of hydrogen-bond donors (Lipinski definition) is 0. The summed E-state index contributed by atoms with van der Waals surface area (Å²) in [6, 6.07) is 11.9. The van der Waals surface area contributed by atoms with Crippen LogP contribution in [0.4, 0.5) is 4.39 Å². The van der Waals surface area contributed by atoms with Gasteiger partial charge in [-0.25, -0.2) is 4.39 Å². The van der Waals surface area contributed by atoms with E-state index in [1.165, 1.54) is 16.7 Å². The van der Waals surface area contributed by atoms with E-state index in [1.54, 1.807) is 6.07 Å². The summed E-state index contributed by atoms with van der Waals surface area (Å²) >= 11 is 0. The number of rotatable bonds is 1. The number of pyridine rings is 1. The summed E-state index contributed by atoms with van der Waals surface area (Å²) in [6.45, 7) is 8.27. The van der Waals surface area contributed by atoms with E-state index in [1.807, 2.05) is 32.2 Å². The Morgan fingerprint density at radius 1 is 0.864 bits per heavy atom. The second-order valence-electron chi connectivity index (χ2n) is 6.21. The van der Waals surface area contributed by atoms with Gasteiger partial charge >= 0.3 is 0 Å². The van der Waals surface area contributed by atoms with Crippen molar-refractivity contribution in [3.63, 3.8) is 0 Å². The zero-order valence-electron chi connectivity index (χ0n) is 13.8. The highest BCUT2D eigenvalue weighted by molar-refractivity contribution is 5.79. The van der Waals surface area contributed by atoms with Crippen LogP contribution in [-0.4, -0.2) is 0 Å². The van der Waals surface area contributed by atoms with Crippen LogP contribution in [0, 0.1) is 33.5 Å². The molecule has 0 spiro atoms. The minimum absolute atomic E-state index is 0.162. The fourth-order valence-corrected chi connectivity index (χ4v) is 3.12. The normalized spacial score (nSPS) is 11.2. The lowest BCUT2D eigenvalue weighted by Crippen LogP contribution is -2.32. The van der Waals surface area contributed by atoms with Crippen LogP contribution >= 0.6 is 0 Å². The molecule has 112 valence electrons. The summed E-state index contributed by atoms with van der Waals surface area (Å²) in [5.41, 5.74) is 7.63. The molecule has 3 aromatic rings. The Bertz CT molecular complexity index is 894. The molecular weight excluding hydrogens is 273 g/mol. The van der Waals surface area contributed by atoms with Crippen LogP contribution in [0.5, 0.6) is 0 Å². The second kappa shape index (κ2) is 5.20. The number of aromatic nitrogens is 1. The van der Waals surface area contributed by atoms with Gasteiger partial charge in [0, 0.05) is 17.7 Å². The van der Waals surface area contributed by atoms with Crippen LogP contribution in [0.25, 0.3) is 22.2 Å². The van der Waals surface area contributed by atoms with Crippen LogP contribution in [0.15, 0.2) is 36.4 Å². The molecule has 0 bridgehead atoms. The van der Waals surface area contributed by atoms with E-state index in [4.69, 9.17) is 0 Å². The maximum atomic E-state index is 14.6. The van der Waals surface area contributed by atoms with E-state index in [2.05, 4.69) is 37.5 Å². The lowest BCUT2D eigenvalue weighted by atomic mass is 9.96. The topological polar surface area (TPSA) is 3.88 Å². The first-order valence-electron chi connectivity index (χ1n) is 7.55. The molecule has 0 aliphatic heterocycles. The highest BCUT2D eigenvalue weighted by Crippen LogP contribution is 2.28. The molecule has 1 heterocycles. The molecule has 0 atom stereocenters. The highest BCUT2D eigenvalue weighted by atomic mass is 19.1. The van der Waals surface area contributed by atoms with Gasteiger partial charge in [0.2, 0.25) is 11.2 Å². The number of benzene rings is 2. The minimum atomic E-state index is -0.162. The second-order valence-corrected chi connectivity index (χ2v) is 6.21. The molecule has 22 heavy (non-hydrogen) atoms. The van der Waals surface area contributed by atoms with Crippen molar-refractivity contribution in [2.75, 3.05) is 0 Å². The van der Waals surface area contributed by atoms with Gasteiger partial charge in [0.15, 0.2) is 0 Å². The van der Waals surface area contributed by atoms with Crippen LogP contribution in [0.2, 0.25) is 0 Å². The largest absolute Gasteiger partial charge is 0.216 e. The van der Waals surface area contributed by atoms with Gasteiger partial charge in [0.25, 0.3) is 0 Å². The van der Waals surface area contributed by atoms with E-state index in [-0.39, 0.29) is 5.82 Å². The predicted molar refractivity (Wildman–Crippen MR) is 89.5 cm³/mol. The fraction of sp³-hybridized carbons (Fsp3) is 0.250. The molecular formula is C20H21FN+. The first kappa shape index (κ1) is 14.7. The van der Waals surface area contributed by atoms with Gasteiger partial charge in [0.1, 0.15) is 12.9 Å². The molecule has 0 radical (unpaired) electrons. The summed E-state index contributed by atoms with van der Waals surface area (Å²) in [7, 11) is 2.00. The lowest BCUT2D eigenvalue weighted by Gasteiger charge is -2.11. The fourth-order valence-electron chi connectivity index (χ4n) is 3.12. The average molecular weight is 294 g/mol. The number of halogens is 1. The van der Waals surface area contributed by atoms with Crippen molar-refractivity contribution >= 4 is 10.9 Å². The molecule has 0 aliphatic rings. The first-order chi connectivity index (χ1) is 10.4. The maximum absolute atomic E-state index is 14.6. The Morgan fingerprint density at radius 2 is 1.59 bits per heavy atom. The molecule has 2 aromatic carbocycles. The highest BCUT2D eigenvalue weighted by Gasteiger charge is 2.20. The number of hydrogen-bond acceptors (Lipinski definition) is 0. The molecule has 0 aliphatic carbocycles. The van der Waals surface area contributed by atoms with Gasteiger partial charge in [-0.3, -0.25) is 0 Å². The van der Waals surface area contributed by atoms with Gasteiger partial charge in [-0.15, -0.1) is 0 Å². The monoisotopic (exact) mass is 294 g/mol. The van der Waals surface area contributed by atoms with Crippen LogP contribution < -0.4 is 4.57 Å². The predicted octanol–water partition coefficient (Wildman–Crippen LogP) is 4.70. The van der Waals surface area contributed by atoms with E-state index in [0.29, 0.717) is 5.39 Å². The van der Waals surface area contributed by atoms with E-state index in [0.717, 1.165) is 22.3 Å². The minimum Gasteiger partial charge on any atom is -0.206 e. The van der Waals surface area contributed by atoms with Crippen molar-refractivity contribution in [2.45, 2.75) is 27.7 Å². The van der Waals surface area contributed by atoms with Gasteiger partial charge in [0.05, 0.1) is 5.39 Å². The van der Waals surface area contributed by atoms with Gasteiger partial charge in [-0.2, -0.15) is 4.57 Å². The summed E-state index contributed by atoms with van der Waals surface area (Å²) in [6.07, 6.45) is 0. The number of fused-ring (bicyclic) bond motifs is 1. The van der Waals surface area contributed by atoms with E-state index >= 15 is 0 Å². The molecule has 1 aromatic heterocycles. The third-order valence-electron chi connectivity index (χ3n) is 4.48. The van der Waals surface area contributed by atoms with Crippen LogP contribution in [0.1, 0.15) is 22.3 Å². The molecule has 0 unspecified atom stereocenters. The van der Waals surface area contributed by atoms with Crippen LogP contribution in [-0.2, 0) is 7.05 Å². The van der Waals surface area contributed by atoms with Crippen molar-refractivity contribution in [2.24, 2.45) is 7.05 Å². The maximum Gasteiger partial charge on any atom is 0.216 e. The van der Waals surface area contributed by atoms with Gasteiger partial charge < -0.3 is 0 Å². The Labute approximate surface area is 131 Å². The van der Waals surface area contributed by atoms with E-state index < -0.39 is 0 Å². The van der Waals surface area contributed by atoms with Crippen molar-refractivity contribution in [1.29, 1.82) is 0 Å². The van der Waals surface area contributed by atoms with E-state index in [9.17, 15) is 4.39 Å². The Hall–Kier alpha value is -2.22. The molecule has 0 saturated carbocycles. The van der Waals surface area contributed by atoms with Crippen LogP contribution in [0.3, 0.4) is 0 Å². The third kappa shape index (κ3) is 2.29. The molecule has 0 saturated heterocycles. The van der Waals surface area contributed by atoms with Crippen molar-refractivity contribution < 1.29 is 8.96 Å². The molecule has 0 fully saturated rings. The number of aryl methyl sites for hydroxylation is 4. The first-order valence-corrected chi connectivity index (χ1v) is 7.55. The van der Waals surface area contributed by atoms with Crippen molar-refractivity contribution in [1.82, 2.24) is 0 Å². The van der Waals surface area contributed by atoms with Gasteiger partial charge in [-0.05, 0) is 56.5 Å². The smallest absolute Gasteiger partial charge is 0.206 e. The lowest BCUT2D eigenvalue weighted by molar-refractivity contribution is -0.633. The number of nitrogens with zero attached hydrogens (tertiary/aromatic N) is 1. The van der Waals surface area contributed by atoms with Crippen molar-refractivity contribution in [3.05, 3.63) is 64.5 Å². The average Bonchev–Trinajstić information content (AvgIpc) is 2.46. The van der Waals surface area contributed by atoms with Gasteiger partial charge in [-0.1, -0.05) is 17.7 Å². The summed E-state index contributed by atoms with van der Waals surface area (Å²) in [5.74, 6) is -0.162. The Kier molecular flexibility index (Phi) is 3.48. The van der Waals surface area contributed by atoms with Crippen molar-refractivity contribution in [3.8, 4) is 11.3 Å². The summed E-state index contributed by atoms with van der Waals surface area (Å²) < 4.78 is 16.7. The Balaban J connectivity index is 2.38. The molecule has 0 amide bonds. The quantitative estimate of drug-likeness (QED) is 0.573. The zero-order chi connectivity index (χ0) is 16.0. The molecule has 3 rings (SSSR count). The molecule has 2 heteroatoms. The standard InChI is InChI=1S/C20H21FN/c1-12-6-7-19-17(9-12)18(21)11-20(22(19)5)16-10-13(2)8-14(3)15(16)4/h6-11H,1-5H3/q+1.